The van der Waals surface area contributed by atoms with Gasteiger partial charge in [-0.3, -0.25) is 4.79 Å². The van der Waals surface area contributed by atoms with E-state index in [2.05, 4.69) is 0 Å². The maximum absolute atomic E-state index is 9.74. The van der Waals surface area contributed by atoms with Crippen molar-refractivity contribution >= 4 is 5.97 Å². The van der Waals surface area contributed by atoms with E-state index in [-0.39, 0.29) is 13.0 Å². The Labute approximate surface area is 47.3 Å². The van der Waals surface area contributed by atoms with Crippen molar-refractivity contribution in [1.82, 2.24) is 0 Å². The van der Waals surface area contributed by atoms with Crippen LogP contribution in [0.15, 0.2) is 12.2 Å². The predicted octanol–water partition coefficient (Wildman–Crippen LogP) is 0.00960. The minimum absolute atomic E-state index is 0.0133. The second-order valence-electron chi connectivity index (χ2n) is 1.25. The highest BCUT2D eigenvalue weighted by Crippen LogP contribution is 1.79. The summed E-state index contributed by atoms with van der Waals surface area (Å²) in [5, 5.41) is 16.1. The first kappa shape index (κ1) is 7.17. The van der Waals surface area contributed by atoms with Gasteiger partial charge >= 0.3 is 5.97 Å². The molecule has 0 saturated heterocycles. The molecule has 0 aliphatic heterocycles. The summed E-state index contributed by atoms with van der Waals surface area (Å²) >= 11 is 0. The fourth-order valence-corrected chi connectivity index (χ4v) is 0.259. The van der Waals surface area contributed by atoms with Crippen molar-refractivity contribution in [3.63, 3.8) is 0 Å². The number of aliphatic carboxylic acids is 1. The van der Waals surface area contributed by atoms with E-state index in [1.54, 1.807) is 0 Å². The highest BCUT2D eigenvalue weighted by atomic mass is 16.4. The predicted molar refractivity (Wildman–Crippen MR) is 28.5 cm³/mol. The minimum atomic E-state index is -0.880. The first-order valence-corrected chi connectivity index (χ1v) is 2.25. The summed E-state index contributed by atoms with van der Waals surface area (Å²) in [5.41, 5.74) is 0. The molecule has 3 nitrogen and oxygen atoms in total. The number of rotatable bonds is 3. The van der Waals surface area contributed by atoms with E-state index < -0.39 is 5.97 Å². The lowest BCUT2D eigenvalue weighted by Crippen LogP contribution is -1.89. The Balaban J connectivity index is 3.16. The van der Waals surface area contributed by atoms with Crippen LogP contribution in [0.25, 0.3) is 0 Å². The van der Waals surface area contributed by atoms with Gasteiger partial charge in [0.05, 0.1) is 13.0 Å². The third-order valence-corrected chi connectivity index (χ3v) is 0.565. The Morgan fingerprint density at radius 2 is 2.12 bits per heavy atom. The number of carboxylic acid groups (broad SMARTS) is 1. The molecule has 0 fully saturated rings. The fraction of sp³-hybridized carbons (Fsp3) is 0.400. The van der Waals surface area contributed by atoms with Gasteiger partial charge in [-0.25, -0.2) is 0 Å². The molecule has 0 bridgehead atoms. The number of aliphatic hydroxyl groups is 1. The monoisotopic (exact) mass is 116 g/mol. The molecule has 0 aliphatic carbocycles. The van der Waals surface area contributed by atoms with E-state index in [1.807, 2.05) is 0 Å². The molecule has 0 heterocycles. The van der Waals surface area contributed by atoms with Gasteiger partial charge in [0, 0.05) is 0 Å². The molecule has 2 N–H and O–H groups in total. The summed E-state index contributed by atoms with van der Waals surface area (Å²) in [7, 11) is 0. The molecule has 46 valence electrons. The molecule has 0 rings (SSSR count). The quantitative estimate of drug-likeness (QED) is 0.510. The van der Waals surface area contributed by atoms with Gasteiger partial charge in [0.25, 0.3) is 0 Å². The van der Waals surface area contributed by atoms with E-state index in [4.69, 9.17) is 10.2 Å². The zero-order chi connectivity index (χ0) is 6.41. The van der Waals surface area contributed by atoms with Crippen LogP contribution in [-0.2, 0) is 4.79 Å². The molecular weight excluding hydrogens is 108 g/mol. The Kier molecular flexibility index (Phi) is 3.88. The van der Waals surface area contributed by atoms with Crippen molar-refractivity contribution in [2.75, 3.05) is 6.61 Å². The van der Waals surface area contributed by atoms with Crippen LogP contribution in [0, 0.1) is 0 Å². The molecular formula is C5H8O3. The van der Waals surface area contributed by atoms with Crippen molar-refractivity contribution in [3.8, 4) is 0 Å². The largest absolute Gasteiger partial charge is 0.481 e. The van der Waals surface area contributed by atoms with Crippen LogP contribution in [0.3, 0.4) is 0 Å². The molecule has 0 aromatic carbocycles. The first-order valence-electron chi connectivity index (χ1n) is 2.25. The highest BCUT2D eigenvalue weighted by Gasteiger charge is 1.86. The zero-order valence-corrected chi connectivity index (χ0v) is 4.37. The molecule has 0 atom stereocenters. The van der Waals surface area contributed by atoms with Gasteiger partial charge in [-0.1, -0.05) is 12.2 Å². The van der Waals surface area contributed by atoms with Crippen LogP contribution in [0.4, 0.5) is 0 Å². The molecule has 0 aromatic rings. The summed E-state index contributed by atoms with van der Waals surface area (Å²) in [6.07, 6.45) is 2.79. The van der Waals surface area contributed by atoms with E-state index >= 15 is 0 Å². The number of aliphatic hydroxyl groups excluding tert-OH is 1. The third kappa shape index (κ3) is 5.17. The van der Waals surface area contributed by atoms with E-state index in [9.17, 15) is 4.79 Å². The van der Waals surface area contributed by atoms with Gasteiger partial charge in [0.1, 0.15) is 0 Å². The van der Waals surface area contributed by atoms with Gasteiger partial charge in [-0.15, -0.1) is 0 Å². The average molecular weight is 116 g/mol. The maximum Gasteiger partial charge on any atom is 0.307 e. The second kappa shape index (κ2) is 4.33. The lowest BCUT2D eigenvalue weighted by molar-refractivity contribution is -0.136. The third-order valence-electron chi connectivity index (χ3n) is 0.565. The Bertz CT molecular complexity index is 95.8. The molecule has 0 radical (unpaired) electrons. The second-order valence-corrected chi connectivity index (χ2v) is 1.25. The van der Waals surface area contributed by atoms with Crippen LogP contribution in [-0.4, -0.2) is 22.8 Å². The Morgan fingerprint density at radius 1 is 1.50 bits per heavy atom. The number of hydrogen-bond donors (Lipinski definition) is 2. The van der Waals surface area contributed by atoms with Gasteiger partial charge in [-0.2, -0.15) is 0 Å². The first-order chi connectivity index (χ1) is 3.77. The van der Waals surface area contributed by atoms with Gasteiger partial charge in [0.2, 0.25) is 0 Å². The number of carbonyl (C=O) groups is 1. The number of hydrogen-bond acceptors (Lipinski definition) is 2. The lowest BCUT2D eigenvalue weighted by Gasteiger charge is -1.79. The number of carboxylic acids is 1. The van der Waals surface area contributed by atoms with E-state index in [0.29, 0.717) is 0 Å². The molecule has 8 heavy (non-hydrogen) atoms. The van der Waals surface area contributed by atoms with E-state index in [1.165, 1.54) is 12.2 Å². The van der Waals surface area contributed by atoms with Gasteiger partial charge in [0.15, 0.2) is 0 Å². The maximum atomic E-state index is 9.74. The summed E-state index contributed by atoms with van der Waals surface area (Å²) < 4.78 is 0. The topological polar surface area (TPSA) is 57.5 Å². The van der Waals surface area contributed by atoms with Crippen molar-refractivity contribution in [2.24, 2.45) is 0 Å². The van der Waals surface area contributed by atoms with Crippen molar-refractivity contribution in [3.05, 3.63) is 12.2 Å². The smallest absolute Gasteiger partial charge is 0.307 e. The summed E-state index contributed by atoms with van der Waals surface area (Å²) in [4.78, 5) is 9.74. The standard InChI is InChI=1S/C5H8O3/c6-4-2-1-3-5(7)8/h1-2,6H,3-4H2,(H,7,8)/b2-1+. The summed E-state index contributed by atoms with van der Waals surface area (Å²) in [5.74, 6) is -0.880. The summed E-state index contributed by atoms with van der Waals surface area (Å²) in [6, 6.07) is 0. The lowest BCUT2D eigenvalue weighted by atomic mass is 10.4. The molecule has 0 aromatic heterocycles. The highest BCUT2D eigenvalue weighted by molar-refractivity contribution is 5.68. The van der Waals surface area contributed by atoms with Gasteiger partial charge in [-0.05, 0) is 0 Å². The van der Waals surface area contributed by atoms with Crippen LogP contribution in [0.2, 0.25) is 0 Å². The normalized spacial score (nSPS) is 10.1. The van der Waals surface area contributed by atoms with Crippen LogP contribution in [0.5, 0.6) is 0 Å². The average Bonchev–Trinajstić information content (AvgIpc) is 1.66. The SMILES string of the molecule is O=C(O)C/C=C/CO. The van der Waals surface area contributed by atoms with E-state index in [0.717, 1.165) is 0 Å². The molecule has 0 saturated carbocycles. The van der Waals surface area contributed by atoms with Crippen molar-refractivity contribution < 1.29 is 15.0 Å². The van der Waals surface area contributed by atoms with Crippen LogP contribution in [0.1, 0.15) is 6.42 Å². The molecule has 0 spiro atoms. The molecule has 0 amide bonds. The van der Waals surface area contributed by atoms with Crippen molar-refractivity contribution in [2.45, 2.75) is 6.42 Å². The van der Waals surface area contributed by atoms with Gasteiger partial charge < -0.3 is 10.2 Å². The van der Waals surface area contributed by atoms with Crippen molar-refractivity contribution in [1.29, 1.82) is 0 Å². The van der Waals surface area contributed by atoms with Crippen LogP contribution >= 0.6 is 0 Å². The minimum Gasteiger partial charge on any atom is -0.481 e. The Morgan fingerprint density at radius 3 is 2.50 bits per heavy atom. The molecule has 0 unspecified atom stereocenters. The molecule has 3 heteroatoms. The zero-order valence-electron chi connectivity index (χ0n) is 4.37. The molecule has 0 aliphatic rings. The van der Waals surface area contributed by atoms with Crippen LogP contribution < -0.4 is 0 Å². The Hall–Kier alpha value is -0.830. The fourth-order valence-electron chi connectivity index (χ4n) is 0.259. The summed E-state index contributed by atoms with van der Waals surface area (Å²) in [6.45, 7) is -0.0900.